The van der Waals surface area contributed by atoms with Crippen LogP contribution >= 0.6 is 0 Å². The molecule has 1 unspecified atom stereocenters. The van der Waals surface area contributed by atoms with Crippen LogP contribution < -0.4 is 4.90 Å². The minimum Gasteiger partial charge on any atom is -0.481 e. The van der Waals surface area contributed by atoms with Gasteiger partial charge in [-0.25, -0.2) is 4.98 Å². The van der Waals surface area contributed by atoms with Gasteiger partial charge in [-0.15, -0.1) is 0 Å². The molecule has 104 valence electrons. The first-order valence-electron chi connectivity index (χ1n) is 6.62. The number of carboxylic acids is 1. The number of hydrogen-bond donors (Lipinski definition) is 1. The summed E-state index contributed by atoms with van der Waals surface area (Å²) >= 11 is 0. The highest BCUT2D eigenvalue weighted by molar-refractivity contribution is 5.78. The van der Waals surface area contributed by atoms with Gasteiger partial charge in [0.15, 0.2) is 0 Å². The Bertz CT molecular complexity index is 736. The molecule has 1 aliphatic rings. The number of nitriles is 1. The van der Waals surface area contributed by atoms with Crippen LogP contribution in [0.1, 0.15) is 22.7 Å². The van der Waals surface area contributed by atoms with Crippen LogP contribution in [0.15, 0.2) is 42.5 Å². The molecule has 2 heterocycles. The van der Waals surface area contributed by atoms with E-state index in [9.17, 15) is 9.90 Å². The normalized spacial score (nSPS) is 16.9. The van der Waals surface area contributed by atoms with Gasteiger partial charge in [0.2, 0.25) is 0 Å². The maximum atomic E-state index is 11.5. The zero-order valence-electron chi connectivity index (χ0n) is 11.2. The molecular weight excluding hydrogens is 266 g/mol. The molecule has 5 nitrogen and oxygen atoms in total. The van der Waals surface area contributed by atoms with Crippen molar-refractivity contribution in [1.29, 1.82) is 5.26 Å². The van der Waals surface area contributed by atoms with Gasteiger partial charge in [-0.2, -0.15) is 5.26 Å². The second kappa shape index (κ2) is 5.25. The van der Waals surface area contributed by atoms with Gasteiger partial charge >= 0.3 is 5.97 Å². The number of anilines is 1. The number of nitrogens with zero attached hydrogens (tertiary/aromatic N) is 3. The number of pyridine rings is 1. The summed E-state index contributed by atoms with van der Waals surface area (Å²) in [4.78, 5) is 17.7. The Morgan fingerprint density at radius 2 is 2.10 bits per heavy atom. The van der Waals surface area contributed by atoms with E-state index in [0.717, 1.165) is 11.1 Å². The average Bonchev–Trinajstić information content (AvgIpc) is 2.53. The lowest BCUT2D eigenvalue weighted by Crippen LogP contribution is -2.37. The Hall–Kier alpha value is -2.87. The fraction of sp³-hybridized carbons (Fsp3) is 0.188. The third-order valence-electron chi connectivity index (χ3n) is 3.67. The number of aromatic nitrogens is 1. The topological polar surface area (TPSA) is 77.2 Å². The van der Waals surface area contributed by atoms with E-state index in [1.165, 1.54) is 0 Å². The summed E-state index contributed by atoms with van der Waals surface area (Å²) in [6.07, 6.45) is 0. The van der Waals surface area contributed by atoms with Crippen molar-refractivity contribution in [1.82, 2.24) is 4.98 Å². The van der Waals surface area contributed by atoms with Gasteiger partial charge in [0.1, 0.15) is 17.6 Å². The molecule has 0 amide bonds. The molecule has 0 bridgehead atoms. The van der Waals surface area contributed by atoms with E-state index in [1.54, 1.807) is 18.2 Å². The highest BCUT2D eigenvalue weighted by Gasteiger charge is 2.30. The molecule has 1 atom stereocenters. The van der Waals surface area contributed by atoms with Gasteiger partial charge in [-0.05, 0) is 23.3 Å². The minimum absolute atomic E-state index is 0.332. The van der Waals surface area contributed by atoms with Crippen molar-refractivity contribution in [3.05, 3.63) is 59.3 Å². The first kappa shape index (κ1) is 13.1. The Kier molecular flexibility index (Phi) is 3.28. The fourth-order valence-corrected chi connectivity index (χ4v) is 2.65. The van der Waals surface area contributed by atoms with Crippen molar-refractivity contribution in [3.63, 3.8) is 0 Å². The molecule has 0 saturated carbocycles. The van der Waals surface area contributed by atoms with Crippen LogP contribution in [0.2, 0.25) is 0 Å². The quantitative estimate of drug-likeness (QED) is 0.911. The Morgan fingerprint density at radius 1 is 1.29 bits per heavy atom. The van der Waals surface area contributed by atoms with E-state index < -0.39 is 11.9 Å². The predicted octanol–water partition coefficient (Wildman–Crippen LogP) is 2.14. The molecule has 2 aromatic rings. The molecule has 1 N–H and O–H groups in total. The maximum absolute atomic E-state index is 11.5. The molecule has 0 saturated heterocycles. The summed E-state index contributed by atoms with van der Waals surface area (Å²) in [5.74, 6) is -0.791. The van der Waals surface area contributed by atoms with Crippen molar-refractivity contribution in [3.8, 4) is 6.07 Å². The van der Waals surface area contributed by atoms with Crippen molar-refractivity contribution in [2.24, 2.45) is 0 Å². The van der Waals surface area contributed by atoms with Crippen molar-refractivity contribution >= 4 is 11.8 Å². The Balaban J connectivity index is 2.00. The lowest BCUT2D eigenvalue weighted by Gasteiger charge is -2.33. The molecule has 0 radical (unpaired) electrons. The third kappa shape index (κ3) is 2.43. The third-order valence-corrected chi connectivity index (χ3v) is 3.67. The van der Waals surface area contributed by atoms with Crippen molar-refractivity contribution < 1.29 is 9.90 Å². The average molecular weight is 279 g/mol. The summed E-state index contributed by atoms with van der Waals surface area (Å²) in [6, 6.07) is 14.8. The molecule has 0 aliphatic carbocycles. The molecule has 1 aromatic heterocycles. The van der Waals surface area contributed by atoms with Crippen LogP contribution in [0.3, 0.4) is 0 Å². The second-order valence-electron chi connectivity index (χ2n) is 4.96. The summed E-state index contributed by atoms with van der Waals surface area (Å²) in [5.41, 5.74) is 2.18. The van der Waals surface area contributed by atoms with Gasteiger partial charge in [-0.1, -0.05) is 30.3 Å². The molecule has 5 heteroatoms. The number of benzene rings is 1. The van der Waals surface area contributed by atoms with Crippen LogP contribution in [-0.4, -0.2) is 22.6 Å². The molecule has 0 fully saturated rings. The van der Waals surface area contributed by atoms with Gasteiger partial charge in [0.25, 0.3) is 0 Å². The van der Waals surface area contributed by atoms with E-state index in [1.807, 2.05) is 35.2 Å². The lowest BCUT2D eigenvalue weighted by atomic mass is 9.90. The van der Waals surface area contributed by atoms with E-state index in [4.69, 9.17) is 5.26 Å². The van der Waals surface area contributed by atoms with Gasteiger partial charge in [0.05, 0.1) is 5.92 Å². The number of carboxylic acid groups (broad SMARTS) is 1. The van der Waals surface area contributed by atoms with E-state index in [0.29, 0.717) is 24.6 Å². The van der Waals surface area contributed by atoms with Gasteiger partial charge < -0.3 is 10.0 Å². The number of carbonyl (C=O) groups is 1. The van der Waals surface area contributed by atoms with Crippen LogP contribution in [0.4, 0.5) is 5.82 Å². The second-order valence-corrected chi connectivity index (χ2v) is 4.96. The summed E-state index contributed by atoms with van der Waals surface area (Å²) in [6.45, 7) is 0.954. The Labute approximate surface area is 122 Å². The Morgan fingerprint density at radius 3 is 2.86 bits per heavy atom. The highest BCUT2D eigenvalue weighted by atomic mass is 16.4. The first-order valence-corrected chi connectivity index (χ1v) is 6.62. The van der Waals surface area contributed by atoms with E-state index in [2.05, 4.69) is 4.98 Å². The standard InChI is InChI=1S/C16H13N3O2/c17-8-12-5-3-7-15(18-12)19-9-11-4-1-2-6-13(11)14(10-19)16(20)21/h1-7,14H,9-10H2,(H,20,21). The fourth-order valence-electron chi connectivity index (χ4n) is 2.65. The first-order chi connectivity index (χ1) is 10.2. The van der Waals surface area contributed by atoms with Gasteiger partial charge in [-0.3, -0.25) is 4.79 Å². The summed E-state index contributed by atoms with van der Waals surface area (Å²) in [7, 11) is 0. The van der Waals surface area contributed by atoms with Gasteiger partial charge in [0, 0.05) is 13.1 Å². The summed E-state index contributed by atoms with van der Waals surface area (Å²) in [5, 5.41) is 18.4. The van der Waals surface area contributed by atoms with Crippen LogP contribution in [0.5, 0.6) is 0 Å². The number of fused-ring (bicyclic) bond motifs is 1. The molecule has 0 spiro atoms. The number of rotatable bonds is 2. The zero-order chi connectivity index (χ0) is 14.8. The highest BCUT2D eigenvalue weighted by Crippen LogP contribution is 2.30. The number of aliphatic carboxylic acids is 1. The largest absolute Gasteiger partial charge is 0.481 e. The zero-order valence-corrected chi connectivity index (χ0v) is 11.2. The van der Waals surface area contributed by atoms with Crippen LogP contribution in [0, 0.1) is 11.3 Å². The SMILES string of the molecule is N#Cc1cccc(N2Cc3ccccc3C(C(=O)O)C2)n1. The van der Waals surface area contributed by atoms with Crippen molar-refractivity contribution in [2.45, 2.75) is 12.5 Å². The molecule has 1 aliphatic heterocycles. The monoisotopic (exact) mass is 279 g/mol. The minimum atomic E-state index is -0.844. The maximum Gasteiger partial charge on any atom is 0.312 e. The predicted molar refractivity (Wildman–Crippen MR) is 76.8 cm³/mol. The molecule has 3 rings (SSSR count). The van der Waals surface area contributed by atoms with E-state index in [-0.39, 0.29) is 0 Å². The molecular formula is C16H13N3O2. The van der Waals surface area contributed by atoms with E-state index >= 15 is 0 Å². The lowest BCUT2D eigenvalue weighted by molar-refractivity contribution is -0.138. The van der Waals surface area contributed by atoms with Crippen LogP contribution in [-0.2, 0) is 11.3 Å². The molecule has 1 aromatic carbocycles. The smallest absolute Gasteiger partial charge is 0.312 e. The molecule has 21 heavy (non-hydrogen) atoms. The van der Waals surface area contributed by atoms with Crippen LogP contribution in [0.25, 0.3) is 0 Å². The number of hydrogen-bond acceptors (Lipinski definition) is 4. The van der Waals surface area contributed by atoms with Crippen molar-refractivity contribution in [2.75, 3.05) is 11.4 Å². The summed E-state index contributed by atoms with van der Waals surface area (Å²) < 4.78 is 0.